The van der Waals surface area contributed by atoms with Crippen molar-refractivity contribution in [3.05, 3.63) is 24.3 Å². The molecule has 0 saturated carbocycles. The van der Waals surface area contributed by atoms with E-state index in [2.05, 4.69) is 0 Å². The fraction of sp³-hybridized carbons (Fsp3) is 0.333. The van der Waals surface area contributed by atoms with E-state index in [9.17, 15) is 9.59 Å². The zero-order chi connectivity index (χ0) is 12.1. The summed E-state index contributed by atoms with van der Waals surface area (Å²) in [7, 11) is 3.15. The Morgan fingerprint density at radius 2 is 1.81 bits per heavy atom. The molecule has 0 spiro atoms. The molecule has 0 atom stereocenters. The third kappa shape index (κ3) is 2.59. The summed E-state index contributed by atoms with van der Waals surface area (Å²) in [6.45, 7) is 1.67. The zero-order valence-electron chi connectivity index (χ0n) is 9.69. The highest BCUT2D eigenvalue weighted by Gasteiger charge is 2.17. The van der Waals surface area contributed by atoms with Gasteiger partial charge in [0.1, 0.15) is 5.75 Å². The maximum absolute atomic E-state index is 11.6. The lowest BCUT2D eigenvalue weighted by Crippen LogP contribution is -2.32. The first-order valence-corrected chi connectivity index (χ1v) is 5.05. The van der Waals surface area contributed by atoms with Crippen molar-refractivity contribution in [1.82, 2.24) is 0 Å². The Hall–Kier alpha value is -1.84. The van der Waals surface area contributed by atoms with Crippen molar-refractivity contribution in [2.45, 2.75) is 13.3 Å². The van der Waals surface area contributed by atoms with Gasteiger partial charge in [0.2, 0.25) is 5.78 Å². The van der Waals surface area contributed by atoms with Crippen molar-refractivity contribution in [2.75, 3.05) is 19.1 Å². The number of anilines is 1. The number of rotatable bonds is 4. The maximum Gasteiger partial charge on any atom is 0.294 e. The second-order valence-electron chi connectivity index (χ2n) is 3.34. The van der Waals surface area contributed by atoms with Crippen molar-refractivity contribution in [3.8, 4) is 5.75 Å². The molecule has 0 N–H and O–H groups in total. The highest BCUT2D eigenvalue weighted by atomic mass is 16.5. The van der Waals surface area contributed by atoms with E-state index in [1.807, 2.05) is 0 Å². The third-order valence-electron chi connectivity index (χ3n) is 2.32. The number of ether oxygens (including phenoxy) is 1. The van der Waals surface area contributed by atoms with Gasteiger partial charge in [-0.05, 0) is 24.3 Å². The Kier molecular flexibility index (Phi) is 4.05. The smallest absolute Gasteiger partial charge is 0.294 e. The van der Waals surface area contributed by atoms with Gasteiger partial charge < -0.3 is 9.64 Å². The SMILES string of the molecule is CCC(=O)C(=O)N(C)c1ccc(OC)cc1. The fourth-order valence-electron chi connectivity index (χ4n) is 1.26. The molecule has 0 bridgehead atoms. The van der Waals surface area contributed by atoms with Crippen LogP contribution >= 0.6 is 0 Å². The molecule has 0 heterocycles. The summed E-state index contributed by atoms with van der Waals surface area (Å²) in [5.41, 5.74) is 0.674. The van der Waals surface area contributed by atoms with Gasteiger partial charge in [0.15, 0.2) is 0 Å². The second-order valence-corrected chi connectivity index (χ2v) is 3.34. The van der Waals surface area contributed by atoms with Gasteiger partial charge in [0, 0.05) is 19.2 Å². The summed E-state index contributed by atoms with van der Waals surface area (Å²) in [4.78, 5) is 24.1. The van der Waals surface area contributed by atoms with Crippen LogP contribution in [0, 0.1) is 0 Å². The van der Waals surface area contributed by atoms with Crippen LogP contribution in [0.1, 0.15) is 13.3 Å². The van der Waals surface area contributed by atoms with E-state index in [1.54, 1.807) is 45.3 Å². The van der Waals surface area contributed by atoms with Gasteiger partial charge in [0.25, 0.3) is 5.91 Å². The molecule has 86 valence electrons. The predicted molar refractivity (Wildman–Crippen MR) is 61.7 cm³/mol. The van der Waals surface area contributed by atoms with Crippen LogP contribution in [0.2, 0.25) is 0 Å². The zero-order valence-corrected chi connectivity index (χ0v) is 9.69. The minimum Gasteiger partial charge on any atom is -0.497 e. The summed E-state index contributed by atoms with van der Waals surface area (Å²) in [6.07, 6.45) is 0.222. The molecule has 0 radical (unpaired) electrons. The molecule has 16 heavy (non-hydrogen) atoms. The molecule has 0 aliphatic carbocycles. The number of hydrogen-bond acceptors (Lipinski definition) is 3. The van der Waals surface area contributed by atoms with Crippen molar-refractivity contribution in [1.29, 1.82) is 0 Å². The summed E-state index contributed by atoms with van der Waals surface area (Å²) in [5.74, 6) is -0.169. The molecule has 4 nitrogen and oxygen atoms in total. The molecule has 0 aromatic heterocycles. The van der Waals surface area contributed by atoms with Crippen molar-refractivity contribution in [2.24, 2.45) is 0 Å². The van der Waals surface area contributed by atoms with Crippen LogP contribution in [0.25, 0.3) is 0 Å². The lowest BCUT2D eigenvalue weighted by Gasteiger charge is -2.16. The number of methoxy groups -OCH3 is 1. The number of Topliss-reactive ketones (excluding diaryl/α,β-unsaturated/α-hetero) is 1. The van der Waals surface area contributed by atoms with Gasteiger partial charge in [-0.25, -0.2) is 0 Å². The van der Waals surface area contributed by atoms with Gasteiger partial charge in [0.05, 0.1) is 7.11 Å². The number of benzene rings is 1. The topological polar surface area (TPSA) is 46.6 Å². The Labute approximate surface area is 94.8 Å². The molecule has 0 fully saturated rings. The minimum atomic E-state index is -0.493. The van der Waals surface area contributed by atoms with Crippen LogP contribution in [0.15, 0.2) is 24.3 Å². The van der Waals surface area contributed by atoms with Crippen molar-refractivity contribution in [3.63, 3.8) is 0 Å². The average Bonchev–Trinajstić information content (AvgIpc) is 2.36. The van der Waals surface area contributed by atoms with Crippen LogP contribution < -0.4 is 9.64 Å². The van der Waals surface area contributed by atoms with Crippen LogP contribution in [0.4, 0.5) is 5.69 Å². The summed E-state index contributed by atoms with van der Waals surface area (Å²) in [5, 5.41) is 0. The van der Waals surface area contributed by atoms with Crippen LogP contribution in [-0.4, -0.2) is 25.8 Å². The monoisotopic (exact) mass is 221 g/mol. The van der Waals surface area contributed by atoms with Crippen molar-refractivity contribution < 1.29 is 14.3 Å². The number of amides is 1. The van der Waals surface area contributed by atoms with E-state index in [-0.39, 0.29) is 6.42 Å². The molecular formula is C12H15NO3. The summed E-state index contributed by atoms with van der Waals surface area (Å²) >= 11 is 0. The summed E-state index contributed by atoms with van der Waals surface area (Å²) in [6, 6.07) is 6.96. The van der Waals surface area contributed by atoms with Gasteiger partial charge in [-0.15, -0.1) is 0 Å². The number of carbonyl (C=O) groups is 2. The molecule has 4 heteroatoms. The highest BCUT2D eigenvalue weighted by Crippen LogP contribution is 2.18. The first-order chi connectivity index (χ1) is 7.60. The van der Waals surface area contributed by atoms with Gasteiger partial charge in [-0.3, -0.25) is 9.59 Å². The maximum atomic E-state index is 11.6. The lowest BCUT2D eigenvalue weighted by atomic mass is 10.2. The van der Waals surface area contributed by atoms with E-state index in [1.165, 1.54) is 4.90 Å². The van der Waals surface area contributed by atoms with Gasteiger partial charge in [-0.1, -0.05) is 6.92 Å². The van der Waals surface area contributed by atoms with E-state index >= 15 is 0 Å². The van der Waals surface area contributed by atoms with E-state index in [0.717, 1.165) is 0 Å². The second kappa shape index (κ2) is 5.30. The molecule has 0 saturated heterocycles. The predicted octanol–water partition coefficient (Wildman–Crippen LogP) is 1.64. The Morgan fingerprint density at radius 1 is 1.25 bits per heavy atom. The third-order valence-corrected chi connectivity index (χ3v) is 2.32. The number of ketones is 1. The molecular weight excluding hydrogens is 206 g/mol. The lowest BCUT2D eigenvalue weighted by molar-refractivity contribution is -0.135. The van der Waals surface area contributed by atoms with E-state index < -0.39 is 11.7 Å². The van der Waals surface area contributed by atoms with Crippen LogP contribution in [0.3, 0.4) is 0 Å². The summed E-state index contributed by atoms with van der Waals surface area (Å²) < 4.78 is 5.01. The standard InChI is InChI=1S/C12H15NO3/c1-4-11(14)12(15)13(2)9-5-7-10(16-3)8-6-9/h5-8H,4H2,1-3H3. The normalized spacial score (nSPS) is 9.69. The fourth-order valence-corrected chi connectivity index (χ4v) is 1.26. The molecule has 1 rings (SSSR count). The Balaban J connectivity index is 2.83. The van der Waals surface area contributed by atoms with E-state index in [4.69, 9.17) is 4.74 Å². The molecule has 0 aliphatic rings. The minimum absolute atomic E-state index is 0.222. The van der Waals surface area contributed by atoms with Gasteiger partial charge in [-0.2, -0.15) is 0 Å². The van der Waals surface area contributed by atoms with Crippen molar-refractivity contribution >= 4 is 17.4 Å². The number of hydrogen-bond donors (Lipinski definition) is 0. The molecule has 1 amide bonds. The quantitative estimate of drug-likeness (QED) is 0.726. The molecule has 0 unspecified atom stereocenters. The largest absolute Gasteiger partial charge is 0.497 e. The molecule has 0 aliphatic heterocycles. The van der Waals surface area contributed by atoms with E-state index in [0.29, 0.717) is 11.4 Å². The number of carbonyl (C=O) groups excluding carboxylic acids is 2. The highest BCUT2D eigenvalue weighted by molar-refractivity contribution is 6.41. The van der Waals surface area contributed by atoms with Crippen LogP contribution in [0.5, 0.6) is 5.75 Å². The first-order valence-electron chi connectivity index (χ1n) is 5.05. The Morgan fingerprint density at radius 3 is 2.25 bits per heavy atom. The average molecular weight is 221 g/mol. The van der Waals surface area contributed by atoms with Crippen LogP contribution in [-0.2, 0) is 9.59 Å². The molecule has 1 aromatic rings. The number of nitrogens with zero attached hydrogens (tertiary/aromatic N) is 1. The number of likely N-dealkylation sites (N-methyl/N-ethyl adjacent to an activating group) is 1. The Bertz CT molecular complexity index is 384. The first kappa shape index (κ1) is 12.2. The van der Waals surface area contributed by atoms with Gasteiger partial charge >= 0.3 is 0 Å². The molecule has 1 aromatic carbocycles.